The van der Waals surface area contributed by atoms with Gasteiger partial charge in [0.2, 0.25) is 5.91 Å². The molecule has 0 atom stereocenters. The lowest BCUT2D eigenvalue weighted by Gasteiger charge is -2.25. The summed E-state index contributed by atoms with van der Waals surface area (Å²) < 4.78 is 33.1. The molecule has 0 spiro atoms. The van der Waals surface area contributed by atoms with Crippen LogP contribution in [-0.4, -0.2) is 35.0 Å². The van der Waals surface area contributed by atoms with E-state index in [1.165, 1.54) is 14.2 Å². The van der Waals surface area contributed by atoms with E-state index in [1.807, 2.05) is 19.9 Å². The van der Waals surface area contributed by atoms with Gasteiger partial charge in [-0.05, 0) is 61.7 Å². The fourth-order valence-electron chi connectivity index (χ4n) is 2.51. The van der Waals surface area contributed by atoms with Crippen LogP contribution in [0.25, 0.3) is 0 Å². The molecule has 0 fully saturated rings. The Balaban J connectivity index is 2.65. The second kappa shape index (κ2) is 7.78. The number of aryl methyl sites for hydroxylation is 3. The normalized spacial score (nSPS) is 11.1. The maximum Gasteiger partial charge on any atom is 0.268 e. The first-order valence-corrected chi connectivity index (χ1v) is 9.60. The Bertz CT molecular complexity index is 923. The van der Waals surface area contributed by atoms with Gasteiger partial charge in [0, 0.05) is 7.05 Å². The minimum Gasteiger partial charge on any atom is -0.495 e. The Morgan fingerprint density at radius 3 is 2.35 bits per heavy atom. The number of hydrogen-bond acceptors (Lipinski definition) is 4. The fraction of sp³-hybridized carbons (Fsp3) is 0.316. The lowest BCUT2D eigenvalue weighted by molar-refractivity contribution is -0.119. The molecule has 2 rings (SSSR count). The van der Waals surface area contributed by atoms with E-state index in [4.69, 9.17) is 4.74 Å². The highest BCUT2D eigenvalue weighted by atomic mass is 32.2. The van der Waals surface area contributed by atoms with Crippen molar-refractivity contribution >= 4 is 21.6 Å². The second-order valence-corrected chi connectivity index (χ2v) is 7.94. The predicted molar refractivity (Wildman–Crippen MR) is 102 cm³/mol. The van der Waals surface area contributed by atoms with Crippen molar-refractivity contribution in [1.82, 2.24) is 5.32 Å². The van der Waals surface area contributed by atoms with Gasteiger partial charge in [0.1, 0.15) is 17.2 Å². The van der Waals surface area contributed by atoms with Crippen molar-refractivity contribution in [3.8, 4) is 5.75 Å². The number of carbonyl (C=O) groups is 1. The molecule has 26 heavy (non-hydrogen) atoms. The number of amides is 1. The Morgan fingerprint density at radius 1 is 1.08 bits per heavy atom. The van der Waals surface area contributed by atoms with Crippen molar-refractivity contribution in [2.75, 3.05) is 25.0 Å². The molecule has 7 heteroatoms. The van der Waals surface area contributed by atoms with Crippen molar-refractivity contribution < 1.29 is 17.9 Å². The summed E-state index contributed by atoms with van der Waals surface area (Å²) in [4.78, 5) is 12.0. The summed E-state index contributed by atoms with van der Waals surface area (Å²) >= 11 is 0. The first kappa shape index (κ1) is 19.8. The molecule has 0 bridgehead atoms. The van der Waals surface area contributed by atoms with Crippen molar-refractivity contribution in [3.63, 3.8) is 0 Å². The standard InChI is InChI=1S/C19H24N2O4S/c1-13-6-9-17(25-5)18(10-13)26(23,24)21(12-19(22)20-4)16-8-7-14(2)15(3)11-16/h6-11H,12H2,1-5H3,(H,20,22). The molecule has 0 aromatic heterocycles. The minimum atomic E-state index is -4.01. The monoisotopic (exact) mass is 376 g/mol. The van der Waals surface area contributed by atoms with Crippen LogP contribution in [0.5, 0.6) is 5.75 Å². The zero-order valence-corrected chi connectivity index (χ0v) is 16.5. The topological polar surface area (TPSA) is 75.7 Å². The lowest BCUT2D eigenvalue weighted by Crippen LogP contribution is -2.40. The Labute approximate surface area is 154 Å². The highest BCUT2D eigenvalue weighted by Gasteiger charge is 2.30. The number of likely N-dealkylation sites (N-methyl/N-ethyl adjacent to an activating group) is 1. The van der Waals surface area contributed by atoms with Crippen LogP contribution in [0.4, 0.5) is 5.69 Å². The van der Waals surface area contributed by atoms with E-state index in [0.29, 0.717) is 5.69 Å². The first-order chi connectivity index (χ1) is 12.2. The molecular weight excluding hydrogens is 352 g/mol. The highest BCUT2D eigenvalue weighted by Crippen LogP contribution is 2.31. The number of sulfonamides is 1. The van der Waals surface area contributed by atoms with Gasteiger partial charge in [0.25, 0.3) is 10.0 Å². The van der Waals surface area contributed by atoms with E-state index in [1.54, 1.807) is 37.3 Å². The van der Waals surface area contributed by atoms with Gasteiger partial charge >= 0.3 is 0 Å². The second-order valence-electron chi connectivity index (χ2n) is 6.11. The summed E-state index contributed by atoms with van der Waals surface area (Å²) in [5, 5.41) is 2.48. The lowest BCUT2D eigenvalue weighted by atomic mass is 10.1. The number of anilines is 1. The summed E-state index contributed by atoms with van der Waals surface area (Å²) in [5.41, 5.74) is 3.19. The van der Waals surface area contributed by atoms with Crippen LogP contribution < -0.4 is 14.4 Å². The van der Waals surface area contributed by atoms with Gasteiger partial charge in [-0.3, -0.25) is 9.10 Å². The number of nitrogens with one attached hydrogen (secondary N) is 1. The van der Waals surface area contributed by atoms with Gasteiger partial charge in [0.15, 0.2) is 0 Å². The SMILES string of the molecule is CNC(=O)CN(c1ccc(C)c(C)c1)S(=O)(=O)c1cc(C)ccc1OC. The largest absolute Gasteiger partial charge is 0.495 e. The molecule has 140 valence electrons. The van der Waals surface area contributed by atoms with Crippen molar-refractivity contribution in [2.24, 2.45) is 0 Å². The number of ether oxygens (including phenoxy) is 1. The maximum absolute atomic E-state index is 13.4. The molecule has 1 amide bonds. The quantitative estimate of drug-likeness (QED) is 0.841. The number of rotatable bonds is 6. The van der Waals surface area contributed by atoms with Gasteiger partial charge in [-0.15, -0.1) is 0 Å². The fourth-order valence-corrected chi connectivity index (χ4v) is 4.17. The van der Waals surface area contributed by atoms with E-state index in [-0.39, 0.29) is 17.2 Å². The Hall–Kier alpha value is -2.54. The van der Waals surface area contributed by atoms with Gasteiger partial charge in [-0.25, -0.2) is 8.42 Å². The molecular formula is C19H24N2O4S. The summed E-state index contributed by atoms with van der Waals surface area (Å²) in [7, 11) is -1.11. The molecule has 0 aliphatic carbocycles. The van der Waals surface area contributed by atoms with E-state index < -0.39 is 15.9 Å². The molecule has 2 aromatic rings. The van der Waals surface area contributed by atoms with E-state index in [0.717, 1.165) is 21.0 Å². The van der Waals surface area contributed by atoms with Gasteiger partial charge < -0.3 is 10.1 Å². The van der Waals surface area contributed by atoms with E-state index >= 15 is 0 Å². The molecule has 0 saturated heterocycles. The molecule has 1 N–H and O–H groups in total. The van der Waals surface area contributed by atoms with E-state index in [2.05, 4.69) is 5.32 Å². The van der Waals surface area contributed by atoms with Crippen LogP contribution in [0.2, 0.25) is 0 Å². The minimum absolute atomic E-state index is 0.0298. The maximum atomic E-state index is 13.4. The van der Waals surface area contributed by atoms with Crippen LogP contribution >= 0.6 is 0 Å². The summed E-state index contributed by atoms with van der Waals surface area (Å²) in [6.07, 6.45) is 0. The predicted octanol–water partition coefficient (Wildman–Crippen LogP) is 2.56. The number of nitrogens with zero attached hydrogens (tertiary/aromatic N) is 1. The number of carbonyl (C=O) groups excluding carboxylic acids is 1. The molecule has 0 saturated carbocycles. The Morgan fingerprint density at radius 2 is 1.77 bits per heavy atom. The highest BCUT2D eigenvalue weighted by molar-refractivity contribution is 7.93. The average Bonchev–Trinajstić information content (AvgIpc) is 2.61. The third-order valence-electron chi connectivity index (χ3n) is 4.23. The molecule has 0 aliphatic heterocycles. The first-order valence-electron chi connectivity index (χ1n) is 8.16. The van der Waals surface area contributed by atoms with Crippen molar-refractivity contribution in [1.29, 1.82) is 0 Å². The third kappa shape index (κ3) is 3.99. The summed E-state index contributed by atoms with van der Waals surface area (Å²) in [5.74, 6) is -0.167. The number of hydrogen-bond donors (Lipinski definition) is 1. The zero-order chi connectivity index (χ0) is 19.5. The van der Waals surface area contributed by atoms with Crippen LogP contribution in [-0.2, 0) is 14.8 Å². The van der Waals surface area contributed by atoms with Crippen molar-refractivity contribution in [3.05, 3.63) is 53.1 Å². The number of benzene rings is 2. The molecule has 2 aromatic carbocycles. The van der Waals surface area contributed by atoms with Crippen molar-refractivity contribution in [2.45, 2.75) is 25.7 Å². The number of methoxy groups -OCH3 is 1. The van der Waals surface area contributed by atoms with Crippen LogP contribution in [0, 0.1) is 20.8 Å². The molecule has 0 heterocycles. The Kier molecular flexibility index (Phi) is 5.92. The third-order valence-corrected chi connectivity index (χ3v) is 6.03. The molecule has 6 nitrogen and oxygen atoms in total. The van der Waals surface area contributed by atoms with Crippen LogP contribution in [0.15, 0.2) is 41.3 Å². The van der Waals surface area contributed by atoms with Gasteiger partial charge in [-0.1, -0.05) is 12.1 Å². The average molecular weight is 376 g/mol. The van der Waals surface area contributed by atoms with Crippen LogP contribution in [0.1, 0.15) is 16.7 Å². The van der Waals surface area contributed by atoms with Gasteiger partial charge in [0.05, 0.1) is 12.8 Å². The van der Waals surface area contributed by atoms with Crippen LogP contribution in [0.3, 0.4) is 0 Å². The van der Waals surface area contributed by atoms with E-state index in [9.17, 15) is 13.2 Å². The van der Waals surface area contributed by atoms with Gasteiger partial charge in [-0.2, -0.15) is 0 Å². The summed E-state index contributed by atoms with van der Waals surface area (Å²) in [6.45, 7) is 5.33. The zero-order valence-electron chi connectivity index (χ0n) is 15.7. The summed E-state index contributed by atoms with van der Waals surface area (Å²) in [6, 6.07) is 10.2. The smallest absolute Gasteiger partial charge is 0.268 e. The molecule has 0 radical (unpaired) electrons. The molecule has 0 unspecified atom stereocenters. The molecule has 0 aliphatic rings.